The smallest absolute Gasteiger partial charge is 0 e. The second-order valence-electron chi connectivity index (χ2n) is 2.64. The van der Waals surface area contributed by atoms with E-state index < -0.39 is 0 Å². The van der Waals surface area contributed by atoms with E-state index in [-0.39, 0.29) is 21.1 Å². The summed E-state index contributed by atoms with van der Waals surface area (Å²) in [6.45, 7) is 4.28. The first-order valence-electron chi connectivity index (χ1n) is 3.80. The van der Waals surface area contributed by atoms with Gasteiger partial charge in [-0.25, -0.2) is 0 Å². The van der Waals surface area contributed by atoms with E-state index in [9.17, 15) is 0 Å². The molecule has 0 aliphatic carbocycles. The van der Waals surface area contributed by atoms with Crippen molar-refractivity contribution in [3.05, 3.63) is 35.4 Å². The molecule has 0 fully saturated rings. The number of rotatable bonds is 2. The number of hydrogen-bond donors (Lipinski definition) is 0. The van der Waals surface area contributed by atoms with Crippen LogP contribution in [0.25, 0.3) is 0 Å². The molecule has 1 aromatic carbocycles. The maximum absolute atomic E-state index is 3.24. The van der Waals surface area contributed by atoms with E-state index in [0.717, 1.165) is 6.42 Å². The molecule has 11 heavy (non-hydrogen) atoms. The van der Waals surface area contributed by atoms with Crippen molar-refractivity contribution in [2.45, 2.75) is 26.7 Å². The van der Waals surface area contributed by atoms with Crippen molar-refractivity contribution in [2.24, 2.45) is 0 Å². The molecule has 0 aliphatic heterocycles. The Hall–Kier alpha value is -0.0917. The average molecular weight is 317 g/mol. The number of aryl methyl sites for hydroxylation is 2. The normalized spacial score (nSPS) is 8.91. The second kappa shape index (κ2) is 5.54. The van der Waals surface area contributed by atoms with Gasteiger partial charge in [-0.15, -0.1) is 0 Å². The van der Waals surface area contributed by atoms with Gasteiger partial charge in [0.05, 0.1) is 0 Å². The summed E-state index contributed by atoms with van der Waals surface area (Å²) in [7, 11) is 0. The van der Waals surface area contributed by atoms with E-state index in [1.54, 1.807) is 0 Å². The van der Waals surface area contributed by atoms with Crippen LogP contribution < -0.4 is 0 Å². The molecule has 0 aliphatic rings. The minimum Gasteiger partial charge on any atom is -0.180 e. The van der Waals surface area contributed by atoms with E-state index >= 15 is 0 Å². The molecule has 0 bridgehead atoms. The first kappa shape index (κ1) is 10.9. The minimum absolute atomic E-state index is 0. The van der Waals surface area contributed by atoms with Gasteiger partial charge < -0.3 is 0 Å². The SMILES string of the molecule is CCCc1[c-]cc(C)cc1.[W]. The van der Waals surface area contributed by atoms with Crippen LogP contribution in [0, 0.1) is 13.0 Å². The molecule has 1 heteroatoms. The van der Waals surface area contributed by atoms with Crippen LogP contribution in [0.3, 0.4) is 0 Å². The second-order valence-corrected chi connectivity index (χ2v) is 2.64. The van der Waals surface area contributed by atoms with E-state index in [2.05, 4.69) is 32.0 Å². The van der Waals surface area contributed by atoms with Crippen molar-refractivity contribution in [1.29, 1.82) is 0 Å². The fraction of sp³-hybridized carbons (Fsp3) is 0.400. The summed E-state index contributed by atoms with van der Waals surface area (Å²) in [4.78, 5) is 0. The van der Waals surface area contributed by atoms with Gasteiger partial charge >= 0.3 is 0 Å². The van der Waals surface area contributed by atoms with E-state index in [0.29, 0.717) is 0 Å². The van der Waals surface area contributed by atoms with E-state index in [1.807, 2.05) is 6.07 Å². The van der Waals surface area contributed by atoms with E-state index in [1.165, 1.54) is 17.5 Å². The Kier molecular flexibility index (Phi) is 5.50. The van der Waals surface area contributed by atoms with Gasteiger partial charge in [-0.3, -0.25) is 0 Å². The standard InChI is InChI=1S/C10H13.W/c1-3-4-10-7-5-9(2)6-8-10;/h5-7H,3-4H2,1-2H3;/q-1;. The van der Waals surface area contributed by atoms with Crippen molar-refractivity contribution in [3.8, 4) is 0 Å². The number of hydrogen-bond acceptors (Lipinski definition) is 0. The van der Waals surface area contributed by atoms with Crippen LogP contribution in [0.5, 0.6) is 0 Å². The Bertz CT molecular complexity index is 189. The van der Waals surface area contributed by atoms with Gasteiger partial charge in [0.2, 0.25) is 0 Å². The molecule has 0 nitrogen and oxygen atoms in total. The van der Waals surface area contributed by atoms with Crippen LogP contribution in [0.1, 0.15) is 24.5 Å². The molecule has 0 saturated heterocycles. The topological polar surface area (TPSA) is 0 Å². The Labute approximate surface area is 83.3 Å². The number of benzene rings is 1. The Morgan fingerprint density at radius 3 is 2.55 bits per heavy atom. The predicted molar refractivity (Wildman–Crippen MR) is 44.0 cm³/mol. The summed E-state index contributed by atoms with van der Waals surface area (Å²) in [5.74, 6) is 0. The van der Waals surface area contributed by atoms with Gasteiger partial charge in [-0.2, -0.15) is 35.4 Å². The van der Waals surface area contributed by atoms with Gasteiger partial charge in [-0.1, -0.05) is 26.7 Å². The molecule has 0 aromatic heterocycles. The Morgan fingerprint density at radius 2 is 2.09 bits per heavy atom. The molecule has 0 N–H and O–H groups in total. The molecular weight excluding hydrogens is 304 g/mol. The first-order chi connectivity index (χ1) is 4.83. The third-order valence-electron chi connectivity index (χ3n) is 1.55. The van der Waals surface area contributed by atoms with Crippen molar-refractivity contribution in [1.82, 2.24) is 0 Å². The maximum Gasteiger partial charge on any atom is 0 e. The third kappa shape index (κ3) is 3.72. The van der Waals surface area contributed by atoms with Crippen LogP contribution in [-0.2, 0) is 27.5 Å². The summed E-state index contributed by atoms with van der Waals surface area (Å²) >= 11 is 0. The van der Waals surface area contributed by atoms with Crippen LogP contribution in [0.4, 0.5) is 0 Å². The molecule has 0 amide bonds. The summed E-state index contributed by atoms with van der Waals surface area (Å²) in [5, 5.41) is 0. The van der Waals surface area contributed by atoms with Crippen molar-refractivity contribution in [3.63, 3.8) is 0 Å². The van der Waals surface area contributed by atoms with Crippen molar-refractivity contribution in [2.75, 3.05) is 0 Å². The van der Waals surface area contributed by atoms with Gasteiger partial charge in [0.15, 0.2) is 0 Å². The van der Waals surface area contributed by atoms with Crippen LogP contribution >= 0.6 is 0 Å². The van der Waals surface area contributed by atoms with Gasteiger partial charge in [-0.05, 0) is 0 Å². The first-order valence-corrected chi connectivity index (χ1v) is 3.80. The molecule has 0 saturated carbocycles. The molecule has 0 unspecified atom stereocenters. The van der Waals surface area contributed by atoms with Crippen molar-refractivity contribution < 1.29 is 21.1 Å². The fourth-order valence-electron chi connectivity index (χ4n) is 0.960. The molecular formula is C10H13W-. The van der Waals surface area contributed by atoms with Gasteiger partial charge in [0.1, 0.15) is 0 Å². The molecule has 0 spiro atoms. The Morgan fingerprint density at radius 1 is 1.36 bits per heavy atom. The third-order valence-corrected chi connectivity index (χ3v) is 1.55. The van der Waals surface area contributed by atoms with Gasteiger partial charge in [0.25, 0.3) is 0 Å². The van der Waals surface area contributed by atoms with Crippen molar-refractivity contribution >= 4 is 0 Å². The molecule has 1 rings (SSSR count). The zero-order valence-electron chi connectivity index (χ0n) is 7.05. The van der Waals surface area contributed by atoms with Crippen LogP contribution in [0.2, 0.25) is 0 Å². The zero-order valence-corrected chi connectivity index (χ0v) is 9.99. The summed E-state index contributed by atoms with van der Waals surface area (Å²) in [6.07, 6.45) is 2.36. The van der Waals surface area contributed by atoms with Crippen LogP contribution in [0.15, 0.2) is 18.2 Å². The van der Waals surface area contributed by atoms with E-state index in [4.69, 9.17) is 0 Å². The quantitative estimate of drug-likeness (QED) is 0.736. The van der Waals surface area contributed by atoms with Crippen LogP contribution in [-0.4, -0.2) is 0 Å². The monoisotopic (exact) mass is 317 g/mol. The molecule has 1 aromatic rings. The average Bonchev–Trinajstić information content (AvgIpc) is 1.95. The maximum atomic E-state index is 3.24. The fourth-order valence-corrected chi connectivity index (χ4v) is 0.960. The molecule has 0 atom stereocenters. The summed E-state index contributed by atoms with van der Waals surface area (Å²) in [5.41, 5.74) is 2.62. The van der Waals surface area contributed by atoms with Gasteiger partial charge in [0, 0.05) is 21.1 Å². The minimum atomic E-state index is 0. The molecule has 60 valence electrons. The Balaban J connectivity index is 0.000001000. The largest absolute Gasteiger partial charge is 0.180 e. The summed E-state index contributed by atoms with van der Waals surface area (Å²) in [6, 6.07) is 9.58. The zero-order chi connectivity index (χ0) is 7.40. The molecule has 0 heterocycles. The predicted octanol–water partition coefficient (Wildman–Crippen LogP) is 2.75. The summed E-state index contributed by atoms with van der Waals surface area (Å²) < 4.78 is 0. The molecule has 0 radical (unpaired) electrons.